The first-order valence-corrected chi connectivity index (χ1v) is 5.29. The van der Waals surface area contributed by atoms with E-state index in [1.54, 1.807) is 7.11 Å². The molecule has 0 aliphatic carbocycles. The molecule has 0 spiro atoms. The van der Waals surface area contributed by atoms with Crippen LogP contribution in [0.5, 0.6) is 5.75 Å². The van der Waals surface area contributed by atoms with Gasteiger partial charge in [-0.2, -0.15) is 0 Å². The van der Waals surface area contributed by atoms with Gasteiger partial charge in [0.25, 0.3) is 0 Å². The minimum absolute atomic E-state index is 0.00574. The van der Waals surface area contributed by atoms with Crippen molar-refractivity contribution in [2.75, 3.05) is 7.11 Å². The summed E-state index contributed by atoms with van der Waals surface area (Å²) in [5.74, 6) is 0.953. The highest BCUT2D eigenvalue weighted by Crippen LogP contribution is 2.50. The molecule has 2 rings (SSSR count). The SMILES string of the molecule is COc1ccc(C2OC2(C)C)c(C)c1C. The molecule has 1 aromatic rings. The highest BCUT2D eigenvalue weighted by Gasteiger charge is 2.49. The molecule has 0 radical (unpaired) electrons. The molecule has 0 N–H and O–H groups in total. The molecule has 1 atom stereocenters. The maximum atomic E-state index is 5.66. The van der Waals surface area contributed by atoms with Gasteiger partial charge in [0.05, 0.1) is 12.7 Å². The number of epoxide rings is 1. The number of hydrogen-bond donors (Lipinski definition) is 0. The molecule has 2 heteroatoms. The summed E-state index contributed by atoms with van der Waals surface area (Å²) in [6, 6.07) is 4.13. The van der Waals surface area contributed by atoms with Crippen LogP contribution in [-0.2, 0) is 4.74 Å². The first-order valence-electron chi connectivity index (χ1n) is 5.29. The van der Waals surface area contributed by atoms with Gasteiger partial charge < -0.3 is 9.47 Å². The third-order valence-electron chi connectivity index (χ3n) is 3.28. The standard InChI is InChI=1S/C13H18O2/c1-8-9(2)11(14-5)7-6-10(8)12-13(3,4)15-12/h6-7,12H,1-5H3. The van der Waals surface area contributed by atoms with Crippen molar-refractivity contribution >= 4 is 0 Å². The molecule has 0 saturated carbocycles. The number of hydrogen-bond acceptors (Lipinski definition) is 2. The second-order valence-electron chi connectivity index (χ2n) is 4.71. The van der Waals surface area contributed by atoms with Crippen LogP contribution >= 0.6 is 0 Å². The molecule has 1 aliphatic rings. The third kappa shape index (κ3) is 1.63. The topological polar surface area (TPSA) is 21.8 Å². The Kier molecular flexibility index (Phi) is 2.27. The lowest BCUT2D eigenvalue weighted by atomic mass is 9.95. The Morgan fingerprint density at radius 1 is 1.20 bits per heavy atom. The van der Waals surface area contributed by atoms with Crippen molar-refractivity contribution in [3.8, 4) is 5.75 Å². The fourth-order valence-corrected chi connectivity index (χ4v) is 2.03. The molecule has 1 aliphatic heterocycles. The molecule has 0 bridgehead atoms. The lowest BCUT2D eigenvalue weighted by Crippen LogP contribution is -2.01. The van der Waals surface area contributed by atoms with E-state index >= 15 is 0 Å². The first kappa shape index (κ1) is 10.5. The van der Waals surface area contributed by atoms with Crippen molar-refractivity contribution in [2.45, 2.75) is 39.4 Å². The van der Waals surface area contributed by atoms with Crippen LogP contribution in [0.25, 0.3) is 0 Å². The van der Waals surface area contributed by atoms with E-state index in [1.165, 1.54) is 16.7 Å². The van der Waals surface area contributed by atoms with E-state index < -0.39 is 0 Å². The molecular formula is C13H18O2. The van der Waals surface area contributed by atoms with Gasteiger partial charge in [-0.1, -0.05) is 6.07 Å². The lowest BCUT2D eigenvalue weighted by Gasteiger charge is -2.11. The van der Waals surface area contributed by atoms with Gasteiger partial charge >= 0.3 is 0 Å². The summed E-state index contributed by atoms with van der Waals surface area (Å²) in [4.78, 5) is 0. The zero-order chi connectivity index (χ0) is 11.2. The van der Waals surface area contributed by atoms with Crippen LogP contribution in [0.4, 0.5) is 0 Å². The van der Waals surface area contributed by atoms with Gasteiger partial charge in [0.2, 0.25) is 0 Å². The van der Waals surface area contributed by atoms with E-state index in [0.717, 1.165) is 5.75 Å². The summed E-state index contributed by atoms with van der Waals surface area (Å²) in [5.41, 5.74) is 3.79. The van der Waals surface area contributed by atoms with Crippen LogP contribution in [0.3, 0.4) is 0 Å². The van der Waals surface area contributed by atoms with Gasteiger partial charge in [-0.15, -0.1) is 0 Å². The van der Waals surface area contributed by atoms with Crippen molar-refractivity contribution in [1.82, 2.24) is 0 Å². The molecule has 2 nitrogen and oxygen atoms in total. The van der Waals surface area contributed by atoms with E-state index in [2.05, 4.69) is 33.8 Å². The third-order valence-corrected chi connectivity index (χ3v) is 3.28. The summed E-state index contributed by atoms with van der Waals surface area (Å²) >= 11 is 0. The monoisotopic (exact) mass is 206 g/mol. The zero-order valence-electron chi connectivity index (χ0n) is 10.0. The van der Waals surface area contributed by atoms with Crippen molar-refractivity contribution in [3.05, 3.63) is 28.8 Å². The van der Waals surface area contributed by atoms with Crippen molar-refractivity contribution in [3.63, 3.8) is 0 Å². The number of methoxy groups -OCH3 is 1. The van der Waals surface area contributed by atoms with Crippen LogP contribution in [0.15, 0.2) is 12.1 Å². The normalized spacial score (nSPS) is 22.6. The van der Waals surface area contributed by atoms with Crippen molar-refractivity contribution in [1.29, 1.82) is 0 Å². The second-order valence-corrected chi connectivity index (χ2v) is 4.71. The summed E-state index contributed by atoms with van der Waals surface area (Å²) in [6.07, 6.45) is 0.252. The van der Waals surface area contributed by atoms with E-state index in [-0.39, 0.29) is 11.7 Å². The molecule has 1 fully saturated rings. The van der Waals surface area contributed by atoms with E-state index in [1.807, 2.05) is 6.07 Å². The van der Waals surface area contributed by atoms with Gasteiger partial charge in [0.1, 0.15) is 11.9 Å². The van der Waals surface area contributed by atoms with Crippen LogP contribution in [0.1, 0.15) is 36.6 Å². The molecule has 0 amide bonds. The van der Waals surface area contributed by atoms with Crippen LogP contribution in [0.2, 0.25) is 0 Å². The quantitative estimate of drug-likeness (QED) is 0.693. The number of rotatable bonds is 2. The summed E-state index contributed by atoms with van der Waals surface area (Å²) in [6.45, 7) is 8.46. The fraction of sp³-hybridized carbons (Fsp3) is 0.538. The Morgan fingerprint density at radius 2 is 1.80 bits per heavy atom. The second kappa shape index (κ2) is 3.24. The molecule has 1 saturated heterocycles. The van der Waals surface area contributed by atoms with Gasteiger partial charge in [0, 0.05) is 0 Å². The average molecular weight is 206 g/mol. The van der Waals surface area contributed by atoms with Crippen molar-refractivity contribution < 1.29 is 9.47 Å². The van der Waals surface area contributed by atoms with E-state index in [9.17, 15) is 0 Å². The molecule has 15 heavy (non-hydrogen) atoms. The Morgan fingerprint density at radius 3 is 2.27 bits per heavy atom. The molecule has 82 valence electrons. The Hall–Kier alpha value is -1.02. The van der Waals surface area contributed by atoms with Crippen LogP contribution in [0, 0.1) is 13.8 Å². The first-order chi connectivity index (χ1) is 6.97. The predicted molar refractivity (Wildman–Crippen MR) is 60.4 cm³/mol. The number of ether oxygens (including phenoxy) is 2. The van der Waals surface area contributed by atoms with Gasteiger partial charge in [-0.25, -0.2) is 0 Å². The molecular weight excluding hydrogens is 188 g/mol. The van der Waals surface area contributed by atoms with E-state index in [0.29, 0.717) is 0 Å². The summed E-state index contributed by atoms with van der Waals surface area (Å²) in [5, 5.41) is 0. The Bertz CT molecular complexity index is 394. The smallest absolute Gasteiger partial charge is 0.122 e. The Labute approximate surface area is 91.2 Å². The minimum atomic E-state index is 0.00574. The van der Waals surface area contributed by atoms with Gasteiger partial charge in [-0.3, -0.25) is 0 Å². The summed E-state index contributed by atoms with van der Waals surface area (Å²) in [7, 11) is 1.71. The molecule has 0 aromatic heterocycles. The molecule has 1 aromatic carbocycles. The molecule has 1 heterocycles. The molecule has 1 unspecified atom stereocenters. The minimum Gasteiger partial charge on any atom is -0.496 e. The van der Waals surface area contributed by atoms with Crippen LogP contribution < -0.4 is 4.74 Å². The van der Waals surface area contributed by atoms with E-state index in [4.69, 9.17) is 9.47 Å². The largest absolute Gasteiger partial charge is 0.496 e. The maximum absolute atomic E-state index is 5.66. The van der Waals surface area contributed by atoms with Crippen LogP contribution in [-0.4, -0.2) is 12.7 Å². The van der Waals surface area contributed by atoms with Gasteiger partial charge in [-0.05, 0) is 50.5 Å². The van der Waals surface area contributed by atoms with Crippen molar-refractivity contribution in [2.24, 2.45) is 0 Å². The average Bonchev–Trinajstić information content (AvgIpc) is 2.80. The highest BCUT2D eigenvalue weighted by atomic mass is 16.6. The lowest BCUT2D eigenvalue weighted by molar-refractivity contribution is 0.325. The predicted octanol–water partition coefficient (Wildman–Crippen LogP) is 3.16. The fourth-order valence-electron chi connectivity index (χ4n) is 2.03. The zero-order valence-corrected chi connectivity index (χ0v) is 10.0. The highest BCUT2D eigenvalue weighted by molar-refractivity contribution is 5.46. The van der Waals surface area contributed by atoms with Gasteiger partial charge in [0.15, 0.2) is 0 Å². The summed E-state index contributed by atoms with van der Waals surface area (Å²) < 4.78 is 11.0. The maximum Gasteiger partial charge on any atom is 0.122 e. The number of benzene rings is 1. The Balaban J connectivity index is 2.39.